The van der Waals surface area contributed by atoms with Crippen molar-refractivity contribution in [1.29, 1.82) is 0 Å². The number of esters is 1. The highest BCUT2D eigenvalue weighted by atomic mass is 16.5. The Labute approximate surface area is 77.8 Å². The SMILES string of the molecule is COC(=O)CCN(C)C(=O)C1CC1. The lowest BCUT2D eigenvalue weighted by molar-refractivity contribution is -0.141. The Morgan fingerprint density at radius 2 is 2.08 bits per heavy atom. The Balaban J connectivity index is 2.19. The highest BCUT2D eigenvalue weighted by molar-refractivity contribution is 5.81. The molecule has 1 saturated carbocycles. The Bertz CT molecular complexity index is 211. The van der Waals surface area contributed by atoms with Crippen molar-refractivity contribution in [1.82, 2.24) is 4.90 Å². The van der Waals surface area contributed by atoms with Crippen LogP contribution in [-0.4, -0.2) is 37.5 Å². The number of hydrogen-bond donors (Lipinski definition) is 0. The number of amides is 1. The van der Waals surface area contributed by atoms with E-state index in [1.165, 1.54) is 7.11 Å². The molecule has 0 aromatic rings. The van der Waals surface area contributed by atoms with E-state index in [1.807, 2.05) is 0 Å². The van der Waals surface area contributed by atoms with Crippen LogP contribution in [0.5, 0.6) is 0 Å². The number of rotatable bonds is 4. The molecule has 0 unspecified atom stereocenters. The van der Waals surface area contributed by atoms with Gasteiger partial charge >= 0.3 is 5.97 Å². The van der Waals surface area contributed by atoms with Crippen molar-refractivity contribution in [2.24, 2.45) is 5.92 Å². The standard InChI is InChI=1S/C9H15NO3/c1-10(6-5-8(11)13-2)9(12)7-3-4-7/h7H,3-6H2,1-2H3. The minimum atomic E-state index is -0.268. The van der Waals surface area contributed by atoms with Crippen LogP contribution in [0.1, 0.15) is 19.3 Å². The third kappa shape index (κ3) is 3.05. The summed E-state index contributed by atoms with van der Waals surface area (Å²) in [4.78, 5) is 23.7. The zero-order valence-electron chi connectivity index (χ0n) is 8.08. The predicted molar refractivity (Wildman–Crippen MR) is 47.0 cm³/mol. The summed E-state index contributed by atoms with van der Waals surface area (Å²) in [5, 5.41) is 0. The monoisotopic (exact) mass is 185 g/mol. The Hall–Kier alpha value is -1.06. The highest BCUT2D eigenvalue weighted by Crippen LogP contribution is 2.30. The third-order valence-corrected chi connectivity index (χ3v) is 2.18. The van der Waals surface area contributed by atoms with Crippen LogP contribution in [0.2, 0.25) is 0 Å². The van der Waals surface area contributed by atoms with Gasteiger partial charge in [-0.15, -0.1) is 0 Å². The lowest BCUT2D eigenvalue weighted by atomic mass is 10.3. The Morgan fingerprint density at radius 3 is 2.54 bits per heavy atom. The van der Waals surface area contributed by atoms with Gasteiger partial charge in [0.25, 0.3) is 0 Å². The smallest absolute Gasteiger partial charge is 0.307 e. The van der Waals surface area contributed by atoms with Gasteiger partial charge in [0.05, 0.1) is 13.5 Å². The molecule has 0 atom stereocenters. The summed E-state index contributed by atoms with van der Waals surface area (Å²) in [5.74, 6) is 0.113. The van der Waals surface area contributed by atoms with Crippen molar-refractivity contribution in [3.8, 4) is 0 Å². The van der Waals surface area contributed by atoms with Crippen LogP contribution < -0.4 is 0 Å². The first-order valence-corrected chi connectivity index (χ1v) is 4.47. The van der Waals surface area contributed by atoms with E-state index >= 15 is 0 Å². The van der Waals surface area contributed by atoms with E-state index in [-0.39, 0.29) is 24.2 Å². The largest absolute Gasteiger partial charge is 0.469 e. The molecule has 0 radical (unpaired) electrons. The summed E-state index contributed by atoms with van der Waals surface area (Å²) < 4.78 is 4.48. The average molecular weight is 185 g/mol. The van der Waals surface area contributed by atoms with Crippen LogP contribution in [-0.2, 0) is 14.3 Å². The molecule has 1 amide bonds. The van der Waals surface area contributed by atoms with Gasteiger partial charge in [-0.1, -0.05) is 0 Å². The Kier molecular flexibility index (Phi) is 3.28. The second kappa shape index (κ2) is 4.25. The summed E-state index contributed by atoms with van der Waals surface area (Å²) in [6.07, 6.45) is 2.29. The second-order valence-electron chi connectivity index (χ2n) is 3.36. The van der Waals surface area contributed by atoms with Gasteiger partial charge in [0, 0.05) is 19.5 Å². The maximum absolute atomic E-state index is 11.4. The number of ether oxygens (including phenoxy) is 1. The summed E-state index contributed by atoms with van der Waals surface area (Å²) >= 11 is 0. The van der Waals surface area contributed by atoms with E-state index in [2.05, 4.69) is 4.74 Å². The van der Waals surface area contributed by atoms with Crippen molar-refractivity contribution < 1.29 is 14.3 Å². The fraction of sp³-hybridized carbons (Fsp3) is 0.778. The number of carbonyl (C=O) groups is 2. The molecule has 74 valence electrons. The van der Waals surface area contributed by atoms with E-state index in [1.54, 1.807) is 11.9 Å². The second-order valence-corrected chi connectivity index (χ2v) is 3.36. The van der Waals surface area contributed by atoms with Crippen molar-refractivity contribution in [2.75, 3.05) is 20.7 Å². The van der Waals surface area contributed by atoms with E-state index in [0.717, 1.165) is 12.8 Å². The molecule has 1 aliphatic rings. The number of hydrogen-bond acceptors (Lipinski definition) is 3. The van der Waals surface area contributed by atoms with Crippen LogP contribution in [0.3, 0.4) is 0 Å². The molecule has 1 fully saturated rings. The molecular formula is C9H15NO3. The zero-order valence-corrected chi connectivity index (χ0v) is 8.08. The average Bonchev–Trinajstić information content (AvgIpc) is 2.95. The van der Waals surface area contributed by atoms with Crippen molar-refractivity contribution >= 4 is 11.9 Å². The van der Waals surface area contributed by atoms with E-state index in [4.69, 9.17) is 0 Å². The van der Waals surface area contributed by atoms with Gasteiger partial charge < -0.3 is 9.64 Å². The number of carbonyl (C=O) groups excluding carboxylic acids is 2. The molecule has 0 spiro atoms. The molecule has 1 rings (SSSR count). The normalized spacial score (nSPS) is 15.2. The van der Waals surface area contributed by atoms with Crippen LogP contribution in [0.15, 0.2) is 0 Å². The fourth-order valence-corrected chi connectivity index (χ4v) is 1.11. The van der Waals surface area contributed by atoms with Gasteiger partial charge in [0.1, 0.15) is 0 Å². The Morgan fingerprint density at radius 1 is 1.46 bits per heavy atom. The fourth-order valence-electron chi connectivity index (χ4n) is 1.11. The first-order chi connectivity index (χ1) is 6.15. The van der Waals surface area contributed by atoms with Crippen LogP contribution >= 0.6 is 0 Å². The molecular weight excluding hydrogens is 170 g/mol. The molecule has 0 N–H and O–H groups in total. The summed E-state index contributed by atoms with van der Waals surface area (Å²) in [6.45, 7) is 0.460. The maximum Gasteiger partial charge on any atom is 0.307 e. The highest BCUT2D eigenvalue weighted by Gasteiger charge is 2.31. The van der Waals surface area contributed by atoms with Crippen molar-refractivity contribution in [2.45, 2.75) is 19.3 Å². The summed E-state index contributed by atoms with van der Waals surface area (Å²) in [5.41, 5.74) is 0. The summed E-state index contributed by atoms with van der Waals surface area (Å²) in [7, 11) is 3.08. The van der Waals surface area contributed by atoms with E-state index < -0.39 is 0 Å². The lowest BCUT2D eigenvalue weighted by Crippen LogP contribution is -2.30. The quantitative estimate of drug-likeness (QED) is 0.596. The maximum atomic E-state index is 11.4. The molecule has 13 heavy (non-hydrogen) atoms. The van der Waals surface area contributed by atoms with Crippen LogP contribution in [0, 0.1) is 5.92 Å². The van der Waals surface area contributed by atoms with E-state index in [9.17, 15) is 9.59 Å². The summed E-state index contributed by atoms with van der Waals surface area (Å²) in [6, 6.07) is 0. The first kappa shape index (κ1) is 10.0. The van der Waals surface area contributed by atoms with E-state index in [0.29, 0.717) is 6.54 Å². The minimum Gasteiger partial charge on any atom is -0.469 e. The van der Waals surface area contributed by atoms with Gasteiger partial charge in [0.15, 0.2) is 0 Å². The van der Waals surface area contributed by atoms with Gasteiger partial charge in [-0.3, -0.25) is 9.59 Å². The van der Waals surface area contributed by atoms with Crippen LogP contribution in [0.25, 0.3) is 0 Å². The lowest BCUT2D eigenvalue weighted by Gasteiger charge is -2.15. The molecule has 0 saturated heterocycles. The van der Waals surface area contributed by atoms with Gasteiger partial charge in [-0.2, -0.15) is 0 Å². The predicted octanol–water partition coefficient (Wildman–Crippen LogP) is 0.418. The molecule has 0 aromatic heterocycles. The van der Waals surface area contributed by atoms with Crippen LogP contribution in [0.4, 0.5) is 0 Å². The van der Waals surface area contributed by atoms with Gasteiger partial charge in [-0.05, 0) is 12.8 Å². The molecule has 4 heteroatoms. The molecule has 0 heterocycles. The number of methoxy groups -OCH3 is 1. The zero-order chi connectivity index (χ0) is 9.84. The third-order valence-electron chi connectivity index (χ3n) is 2.18. The minimum absolute atomic E-state index is 0.156. The van der Waals surface area contributed by atoms with Crippen molar-refractivity contribution in [3.63, 3.8) is 0 Å². The molecule has 1 aliphatic carbocycles. The molecule has 0 aliphatic heterocycles. The van der Waals surface area contributed by atoms with Gasteiger partial charge in [-0.25, -0.2) is 0 Å². The van der Waals surface area contributed by atoms with Gasteiger partial charge in [0.2, 0.25) is 5.91 Å². The first-order valence-electron chi connectivity index (χ1n) is 4.47. The number of nitrogens with zero attached hydrogens (tertiary/aromatic N) is 1. The molecule has 0 bridgehead atoms. The molecule has 4 nitrogen and oxygen atoms in total. The molecule has 0 aromatic carbocycles. The van der Waals surface area contributed by atoms with Crippen molar-refractivity contribution in [3.05, 3.63) is 0 Å². The topological polar surface area (TPSA) is 46.6 Å².